The zero-order chi connectivity index (χ0) is 18.7. The Bertz CT molecular complexity index is 833. The van der Waals surface area contributed by atoms with Gasteiger partial charge in [0.1, 0.15) is 11.4 Å². The van der Waals surface area contributed by atoms with Crippen LogP contribution in [0.25, 0.3) is 0 Å². The van der Waals surface area contributed by atoms with Gasteiger partial charge in [-0.15, -0.1) is 0 Å². The van der Waals surface area contributed by atoms with Gasteiger partial charge >= 0.3 is 5.97 Å². The molecule has 0 saturated heterocycles. The van der Waals surface area contributed by atoms with Crippen molar-refractivity contribution in [1.29, 1.82) is 0 Å². The van der Waals surface area contributed by atoms with Crippen molar-refractivity contribution in [2.24, 2.45) is 0 Å². The number of hydrogen-bond donors (Lipinski definition) is 2. The molecule has 0 saturated carbocycles. The molecule has 0 aliphatic carbocycles. The highest BCUT2D eigenvalue weighted by atomic mass is 16.4. The first-order valence-electron chi connectivity index (χ1n) is 8.67. The SMILES string of the molecule is CC(C)(CNC(=O)c1cccc(C(=O)O)n1)N1CCc2ccccc2C1. The van der Waals surface area contributed by atoms with E-state index >= 15 is 0 Å². The fraction of sp³-hybridized carbons (Fsp3) is 0.350. The minimum Gasteiger partial charge on any atom is -0.477 e. The Hall–Kier alpha value is -2.73. The Morgan fingerprint density at radius 2 is 1.81 bits per heavy atom. The molecular formula is C20H23N3O3. The van der Waals surface area contributed by atoms with Crippen LogP contribution >= 0.6 is 0 Å². The molecule has 0 spiro atoms. The molecule has 0 bridgehead atoms. The van der Waals surface area contributed by atoms with E-state index in [-0.39, 0.29) is 22.8 Å². The Balaban J connectivity index is 1.64. The highest BCUT2D eigenvalue weighted by Crippen LogP contribution is 2.25. The van der Waals surface area contributed by atoms with Crippen molar-refractivity contribution in [2.45, 2.75) is 32.4 Å². The van der Waals surface area contributed by atoms with Crippen LogP contribution in [-0.4, -0.2) is 45.5 Å². The summed E-state index contributed by atoms with van der Waals surface area (Å²) in [5.74, 6) is -1.51. The maximum atomic E-state index is 12.4. The number of pyridine rings is 1. The second kappa shape index (κ2) is 7.25. The van der Waals surface area contributed by atoms with Crippen molar-refractivity contribution in [3.63, 3.8) is 0 Å². The molecule has 136 valence electrons. The molecular weight excluding hydrogens is 330 g/mol. The molecule has 1 aromatic carbocycles. The Labute approximate surface area is 152 Å². The summed E-state index contributed by atoms with van der Waals surface area (Å²) >= 11 is 0. The molecule has 3 rings (SSSR count). The quantitative estimate of drug-likeness (QED) is 0.862. The molecule has 0 radical (unpaired) electrons. The molecule has 1 aliphatic heterocycles. The summed E-state index contributed by atoms with van der Waals surface area (Å²) in [5.41, 5.74) is 2.47. The third kappa shape index (κ3) is 3.91. The second-order valence-corrected chi connectivity index (χ2v) is 7.15. The van der Waals surface area contributed by atoms with Gasteiger partial charge in [0.15, 0.2) is 0 Å². The molecule has 1 amide bonds. The highest BCUT2D eigenvalue weighted by Gasteiger charge is 2.30. The first kappa shape index (κ1) is 18.1. The normalized spacial score (nSPS) is 14.5. The largest absolute Gasteiger partial charge is 0.477 e. The zero-order valence-corrected chi connectivity index (χ0v) is 15.0. The van der Waals surface area contributed by atoms with Gasteiger partial charge in [-0.1, -0.05) is 30.3 Å². The van der Waals surface area contributed by atoms with Crippen LogP contribution in [-0.2, 0) is 13.0 Å². The molecule has 6 heteroatoms. The number of rotatable bonds is 5. The summed E-state index contributed by atoms with van der Waals surface area (Å²) in [6.07, 6.45) is 0.996. The maximum absolute atomic E-state index is 12.4. The van der Waals surface area contributed by atoms with Gasteiger partial charge in [-0.25, -0.2) is 9.78 Å². The highest BCUT2D eigenvalue weighted by molar-refractivity contribution is 5.94. The van der Waals surface area contributed by atoms with E-state index in [1.54, 1.807) is 0 Å². The van der Waals surface area contributed by atoms with E-state index in [1.807, 2.05) is 0 Å². The van der Waals surface area contributed by atoms with Crippen LogP contribution in [0.1, 0.15) is 46.0 Å². The van der Waals surface area contributed by atoms with Gasteiger partial charge in [0, 0.05) is 25.2 Å². The number of nitrogens with one attached hydrogen (secondary N) is 1. The molecule has 0 atom stereocenters. The zero-order valence-electron chi connectivity index (χ0n) is 15.0. The molecule has 1 aliphatic rings. The molecule has 0 unspecified atom stereocenters. The van der Waals surface area contributed by atoms with Crippen LogP contribution in [0, 0.1) is 0 Å². The fourth-order valence-corrected chi connectivity index (χ4v) is 3.19. The molecule has 2 N–H and O–H groups in total. The van der Waals surface area contributed by atoms with E-state index < -0.39 is 5.97 Å². The van der Waals surface area contributed by atoms with Crippen molar-refractivity contribution < 1.29 is 14.7 Å². The summed E-state index contributed by atoms with van der Waals surface area (Å²) in [4.78, 5) is 29.6. The predicted octanol–water partition coefficient (Wildman–Crippen LogP) is 2.35. The summed E-state index contributed by atoms with van der Waals surface area (Å²) in [7, 11) is 0. The number of carboxylic acid groups (broad SMARTS) is 1. The van der Waals surface area contributed by atoms with E-state index in [0.717, 1.165) is 19.5 Å². The summed E-state index contributed by atoms with van der Waals surface area (Å²) in [6, 6.07) is 12.9. The lowest BCUT2D eigenvalue weighted by atomic mass is 9.94. The number of amides is 1. The topological polar surface area (TPSA) is 82.5 Å². The minimum absolute atomic E-state index is 0.115. The van der Waals surface area contributed by atoms with Crippen LogP contribution in [0.2, 0.25) is 0 Å². The molecule has 0 fully saturated rings. The van der Waals surface area contributed by atoms with E-state index in [0.29, 0.717) is 6.54 Å². The van der Waals surface area contributed by atoms with Gasteiger partial charge in [0.05, 0.1) is 0 Å². The Morgan fingerprint density at radius 3 is 2.54 bits per heavy atom. The van der Waals surface area contributed by atoms with Crippen molar-refractivity contribution in [3.05, 3.63) is 65.0 Å². The first-order valence-corrected chi connectivity index (χ1v) is 8.67. The smallest absolute Gasteiger partial charge is 0.354 e. The number of nitrogens with zero attached hydrogens (tertiary/aromatic N) is 2. The molecule has 2 aromatic rings. The second-order valence-electron chi connectivity index (χ2n) is 7.15. The average molecular weight is 353 g/mol. The molecule has 1 aromatic heterocycles. The van der Waals surface area contributed by atoms with E-state index in [2.05, 4.69) is 53.3 Å². The number of fused-ring (bicyclic) bond motifs is 1. The third-order valence-electron chi connectivity index (χ3n) is 4.87. The first-order chi connectivity index (χ1) is 12.4. The summed E-state index contributed by atoms with van der Waals surface area (Å²) < 4.78 is 0. The fourth-order valence-electron chi connectivity index (χ4n) is 3.19. The van der Waals surface area contributed by atoms with Crippen molar-refractivity contribution in [2.75, 3.05) is 13.1 Å². The summed E-state index contributed by atoms with van der Waals surface area (Å²) in [6.45, 7) is 6.44. The molecule has 6 nitrogen and oxygen atoms in total. The number of hydrogen-bond acceptors (Lipinski definition) is 4. The average Bonchev–Trinajstić information content (AvgIpc) is 2.65. The number of carboxylic acids is 1. The van der Waals surface area contributed by atoms with E-state index in [1.165, 1.54) is 29.3 Å². The van der Waals surface area contributed by atoms with Gasteiger partial charge in [-0.05, 0) is 43.5 Å². The van der Waals surface area contributed by atoms with Gasteiger partial charge in [0.2, 0.25) is 0 Å². The number of carbonyl (C=O) groups excluding carboxylic acids is 1. The van der Waals surface area contributed by atoms with Crippen molar-refractivity contribution in [3.8, 4) is 0 Å². The standard InChI is InChI=1S/C20H23N3O3/c1-20(2,23-11-10-14-6-3-4-7-15(14)12-23)13-21-18(24)16-8-5-9-17(22-16)19(25)26/h3-9H,10-13H2,1-2H3,(H,21,24)(H,25,26). The third-order valence-corrected chi connectivity index (χ3v) is 4.87. The van der Waals surface area contributed by atoms with Gasteiger partial charge in [-0.2, -0.15) is 0 Å². The summed E-state index contributed by atoms with van der Waals surface area (Å²) in [5, 5.41) is 11.9. The number of aromatic nitrogens is 1. The lowest BCUT2D eigenvalue weighted by Crippen LogP contribution is -2.53. The van der Waals surface area contributed by atoms with Crippen LogP contribution in [0.5, 0.6) is 0 Å². The van der Waals surface area contributed by atoms with Crippen LogP contribution < -0.4 is 5.32 Å². The van der Waals surface area contributed by atoms with Gasteiger partial charge in [-0.3, -0.25) is 9.69 Å². The van der Waals surface area contributed by atoms with Gasteiger partial charge < -0.3 is 10.4 Å². The van der Waals surface area contributed by atoms with Crippen LogP contribution in [0.15, 0.2) is 42.5 Å². The number of aromatic carboxylic acids is 1. The number of benzene rings is 1. The van der Waals surface area contributed by atoms with Crippen LogP contribution in [0.3, 0.4) is 0 Å². The Kier molecular flexibility index (Phi) is 5.04. The van der Waals surface area contributed by atoms with Crippen LogP contribution in [0.4, 0.5) is 0 Å². The predicted molar refractivity (Wildman–Crippen MR) is 98.2 cm³/mol. The maximum Gasteiger partial charge on any atom is 0.354 e. The minimum atomic E-state index is -1.15. The Morgan fingerprint density at radius 1 is 1.12 bits per heavy atom. The van der Waals surface area contributed by atoms with Crippen molar-refractivity contribution in [1.82, 2.24) is 15.2 Å². The lowest BCUT2D eigenvalue weighted by molar-refractivity contribution is 0.0690. The number of carbonyl (C=O) groups is 2. The monoisotopic (exact) mass is 353 g/mol. The lowest BCUT2D eigenvalue weighted by Gasteiger charge is -2.41. The van der Waals surface area contributed by atoms with E-state index in [9.17, 15) is 9.59 Å². The van der Waals surface area contributed by atoms with E-state index in [4.69, 9.17) is 5.11 Å². The van der Waals surface area contributed by atoms with Gasteiger partial charge in [0.25, 0.3) is 5.91 Å². The molecule has 2 heterocycles. The molecule has 26 heavy (non-hydrogen) atoms. The van der Waals surface area contributed by atoms with Crippen molar-refractivity contribution >= 4 is 11.9 Å².